The lowest BCUT2D eigenvalue weighted by Gasteiger charge is -2.13. The Balaban J connectivity index is 1.61. The van der Waals surface area contributed by atoms with Crippen LogP contribution in [0.4, 0.5) is 0 Å². The molecule has 1 aliphatic rings. The van der Waals surface area contributed by atoms with Crippen molar-refractivity contribution >= 4 is 16.8 Å². The Morgan fingerprint density at radius 3 is 2.46 bits per heavy atom. The smallest absolute Gasteiger partial charge is 0.126 e. The van der Waals surface area contributed by atoms with Gasteiger partial charge in [-0.15, -0.1) is 0 Å². The van der Waals surface area contributed by atoms with E-state index in [4.69, 9.17) is 0 Å². The van der Waals surface area contributed by atoms with Gasteiger partial charge in [0.2, 0.25) is 0 Å². The maximum absolute atomic E-state index is 4.56. The highest BCUT2D eigenvalue weighted by molar-refractivity contribution is 8.14. The molecule has 26 heavy (non-hydrogen) atoms. The Labute approximate surface area is 159 Å². The van der Waals surface area contributed by atoms with Gasteiger partial charge in [-0.2, -0.15) is 5.10 Å². The van der Waals surface area contributed by atoms with Gasteiger partial charge in [-0.1, -0.05) is 61.2 Å². The second-order valence-electron chi connectivity index (χ2n) is 6.59. The Hall–Kier alpha value is -2.46. The zero-order valence-corrected chi connectivity index (χ0v) is 16.2. The number of hydrogen-bond acceptors (Lipinski definition) is 3. The Bertz CT molecular complexity index is 940. The molecule has 3 aromatic rings. The number of nitrogens with one attached hydrogen (secondary N) is 1. The maximum atomic E-state index is 4.56. The van der Waals surface area contributed by atoms with Crippen LogP contribution in [0.2, 0.25) is 0 Å². The third-order valence-electron chi connectivity index (χ3n) is 4.89. The lowest BCUT2D eigenvalue weighted by Crippen LogP contribution is -2.08. The van der Waals surface area contributed by atoms with E-state index in [0.717, 1.165) is 17.0 Å². The molecule has 0 spiro atoms. The molecule has 1 unspecified atom stereocenters. The van der Waals surface area contributed by atoms with Crippen LogP contribution in [-0.4, -0.2) is 9.61 Å². The number of nitrogens with zero attached hydrogens (tertiary/aromatic N) is 2. The van der Waals surface area contributed by atoms with Gasteiger partial charge in [-0.3, -0.25) is 5.43 Å². The Kier molecular flexibility index (Phi) is 4.60. The molecule has 1 aromatic heterocycles. The molecule has 1 aliphatic heterocycles. The van der Waals surface area contributed by atoms with E-state index < -0.39 is 0 Å². The summed E-state index contributed by atoms with van der Waals surface area (Å²) in [7, 11) is 0. The minimum absolute atomic E-state index is 0.153. The topological polar surface area (TPSA) is 29.3 Å². The molecule has 1 atom stereocenters. The lowest BCUT2D eigenvalue weighted by molar-refractivity contribution is 0.737. The normalized spacial score (nSPS) is 16.4. The standard InChI is InChI=1S/C22H23N3S/c1-4-17-10-12-19(13-11-17)25-15(2)14-20(16(25)3)22-24-23-21(26-22)18-8-6-5-7-9-18/h5-14,22,24H,4H2,1-3H3. The van der Waals surface area contributed by atoms with Crippen molar-refractivity contribution in [3.05, 3.63) is 88.7 Å². The molecule has 0 saturated carbocycles. The molecule has 0 radical (unpaired) electrons. The van der Waals surface area contributed by atoms with Crippen LogP contribution >= 0.6 is 11.8 Å². The summed E-state index contributed by atoms with van der Waals surface area (Å²) in [5, 5.41) is 5.76. The zero-order valence-electron chi connectivity index (χ0n) is 15.4. The van der Waals surface area contributed by atoms with Crippen LogP contribution < -0.4 is 5.43 Å². The molecular weight excluding hydrogens is 338 g/mol. The van der Waals surface area contributed by atoms with Crippen LogP contribution in [0.25, 0.3) is 5.69 Å². The van der Waals surface area contributed by atoms with Gasteiger partial charge in [-0.05, 0) is 44.0 Å². The first-order valence-electron chi connectivity index (χ1n) is 9.01. The van der Waals surface area contributed by atoms with Crippen molar-refractivity contribution in [2.24, 2.45) is 5.10 Å². The summed E-state index contributed by atoms with van der Waals surface area (Å²) in [5.41, 5.74) is 10.9. The summed E-state index contributed by atoms with van der Waals surface area (Å²) < 4.78 is 2.33. The van der Waals surface area contributed by atoms with E-state index in [-0.39, 0.29) is 5.37 Å². The minimum atomic E-state index is 0.153. The molecule has 2 heterocycles. The first-order valence-corrected chi connectivity index (χ1v) is 9.88. The van der Waals surface area contributed by atoms with Gasteiger partial charge in [0.1, 0.15) is 10.4 Å². The summed E-state index contributed by atoms with van der Waals surface area (Å²) in [6.07, 6.45) is 1.07. The third kappa shape index (κ3) is 3.06. The number of thioether (sulfide) groups is 1. The molecule has 0 saturated heterocycles. The van der Waals surface area contributed by atoms with Crippen LogP contribution in [0.1, 0.15) is 40.4 Å². The van der Waals surface area contributed by atoms with Crippen molar-refractivity contribution in [2.75, 3.05) is 0 Å². The number of rotatable bonds is 4. The molecular formula is C22H23N3S. The number of hydrazone groups is 1. The van der Waals surface area contributed by atoms with Crippen LogP contribution in [0.3, 0.4) is 0 Å². The second kappa shape index (κ2) is 7.04. The summed E-state index contributed by atoms with van der Waals surface area (Å²) in [6.45, 7) is 6.55. The van der Waals surface area contributed by atoms with E-state index in [1.165, 1.54) is 28.2 Å². The zero-order chi connectivity index (χ0) is 18.1. The van der Waals surface area contributed by atoms with E-state index in [1.807, 2.05) is 6.07 Å². The van der Waals surface area contributed by atoms with Crippen molar-refractivity contribution in [3.8, 4) is 5.69 Å². The average Bonchev–Trinajstić information content (AvgIpc) is 3.27. The van der Waals surface area contributed by atoms with Gasteiger partial charge in [-0.25, -0.2) is 0 Å². The molecule has 132 valence electrons. The first kappa shape index (κ1) is 17.0. The van der Waals surface area contributed by atoms with Gasteiger partial charge in [0.25, 0.3) is 0 Å². The predicted molar refractivity (Wildman–Crippen MR) is 111 cm³/mol. The van der Waals surface area contributed by atoms with Crippen molar-refractivity contribution < 1.29 is 0 Å². The van der Waals surface area contributed by atoms with Gasteiger partial charge >= 0.3 is 0 Å². The molecule has 0 bridgehead atoms. The summed E-state index contributed by atoms with van der Waals surface area (Å²) >= 11 is 1.78. The molecule has 0 amide bonds. The SMILES string of the molecule is CCc1ccc(-n2c(C)cc(C3NN=C(c4ccccc4)S3)c2C)cc1. The number of aromatic nitrogens is 1. The fraction of sp³-hybridized carbons (Fsp3) is 0.227. The van der Waals surface area contributed by atoms with E-state index in [1.54, 1.807) is 11.8 Å². The quantitative estimate of drug-likeness (QED) is 0.678. The minimum Gasteiger partial charge on any atom is -0.318 e. The summed E-state index contributed by atoms with van der Waals surface area (Å²) in [5.74, 6) is 0. The number of hydrogen-bond donors (Lipinski definition) is 1. The summed E-state index contributed by atoms with van der Waals surface area (Å²) in [6, 6.07) is 21.5. The number of benzene rings is 2. The largest absolute Gasteiger partial charge is 0.318 e. The fourth-order valence-corrected chi connectivity index (χ4v) is 4.53. The highest BCUT2D eigenvalue weighted by Gasteiger charge is 2.26. The molecule has 1 N–H and O–H groups in total. The third-order valence-corrected chi connectivity index (χ3v) is 6.03. The number of aryl methyl sites for hydroxylation is 2. The monoisotopic (exact) mass is 361 g/mol. The van der Waals surface area contributed by atoms with Crippen molar-refractivity contribution in [1.82, 2.24) is 9.99 Å². The van der Waals surface area contributed by atoms with E-state index >= 15 is 0 Å². The van der Waals surface area contributed by atoms with E-state index in [2.05, 4.69) is 90.5 Å². The molecule has 0 aliphatic carbocycles. The molecule has 2 aromatic carbocycles. The molecule has 3 nitrogen and oxygen atoms in total. The van der Waals surface area contributed by atoms with Crippen LogP contribution in [-0.2, 0) is 6.42 Å². The van der Waals surface area contributed by atoms with Gasteiger partial charge in [0.15, 0.2) is 0 Å². The second-order valence-corrected chi connectivity index (χ2v) is 7.69. The van der Waals surface area contributed by atoms with Gasteiger partial charge in [0.05, 0.1) is 0 Å². The maximum Gasteiger partial charge on any atom is 0.126 e. The lowest BCUT2D eigenvalue weighted by atomic mass is 10.1. The van der Waals surface area contributed by atoms with Crippen molar-refractivity contribution in [2.45, 2.75) is 32.6 Å². The van der Waals surface area contributed by atoms with Crippen LogP contribution in [0.15, 0.2) is 65.8 Å². The predicted octanol–water partition coefficient (Wildman–Crippen LogP) is 5.35. The van der Waals surface area contributed by atoms with Crippen LogP contribution in [0.5, 0.6) is 0 Å². The van der Waals surface area contributed by atoms with Crippen molar-refractivity contribution in [1.29, 1.82) is 0 Å². The van der Waals surface area contributed by atoms with Crippen LogP contribution in [0, 0.1) is 13.8 Å². The highest BCUT2D eigenvalue weighted by Crippen LogP contribution is 2.37. The van der Waals surface area contributed by atoms with E-state index in [9.17, 15) is 0 Å². The Morgan fingerprint density at radius 1 is 1.04 bits per heavy atom. The summed E-state index contributed by atoms with van der Waals surface area (Å²) in [4.78, 5) is 0. The average molecular weight is 362 g/mol. The van der Waals surface area contributed by atoms with E-state index in [0.29, 0.717) is 0 Å². The van der Waals surface area contributed by atoms with Gasteiger partial charge in [0, 0.05) is 28.2 Å². The highest BCUT2D eigenvalue weighted by atomic mass is 32.2. The first-order chi connectivity index (χ1) is 12.7. The molecule has 4 rings (SSSR count). The Morgan fingerprint density at radius 2 is 1.77 bits per heavy atom. The van der Waals surface area contributed by atoms with Crippen molar-refractivity contribution in [3.63, 3.8) is 0 Å². The fourth-order valence-electron chi connectivity index (χ4n) is 3.46. The molecule has 4 heteroatoms. The molecule has 0 fully saturated rings. The van der Waals surface area contributed by atoms with Gasteiger partial charge < -0.3 is 4.57 Å².